The summed E-state index contributed by atoms with van der Waals surface area (Å²) in [5, 5.41) is 6.21. The molecule has 2 unspecified atom stereocenters. The molecule has 2 N–H and O–H groups in total. The molecule has 2 rings (SSSR count). The molecule has 124 valence electrons. The highest BCUT2D eigenvalue weighted by atomic mass is 35.5. The van der Waals surface area contributed by atoms with E-state index < -0.39 is 9.84 Å². The summed E-state index contributed by atoms with van der Waals surface area (Å²) in [6.45, 7) is 5.42. The first-order valence-corrected chi connectivity index (χ1v) is 8.93. The molecule has 1 saturated heterocycles. The Morgan fingerprint density at radius 1 is 1.32 bits per heavy atom. The van der Waals surface area contributed by atoms with Crippen molar-refractivity contribution >= 4 is 28.2 Å². The maximum Gasteiger partial charge on any atom is 0.227 e. The van der Waals surface area contributed by atoms with Crippen LogP contribution in [0, 0.1) is 5.41 Å². The first-order chi connectivity index (χ1) is 9.72. The van der Waals surface area contributed by atoms with Crippen LogP contribution < -0.4 is 10.6 Å². The van der Waals surface area contributed by atoms with Gasteiger partial charge in [0.25, 0.3) is 0 Å². The molecule has 0 bridgehead atoms. The van der Waals surface area contributed by atoms with Crippen molar-refractivity contribution in [2.75, 3.05) is 19.3 Å². The first-order valence-electron chi connectivity index (χ1n) is 7.04. The van der Waals surface area contributed by atoms with Crippen molar-refractivity contribution < 1.29 is 13.2 Å². The third-order valence-electron chi connectivity index (χ3n) is 4.07. The fourth-order valence-electron chi connectivity index (χ4n) is 2.47. The Balaban J connectivity index is 0.00000242. The molecule has 22 heavy (non-hydrogen) atoms. The molecule has 1 aromatic rings. The number of hydrogen-bond acceptors (Lipinski definition) is 4. The Bertz CT molecular complexity index is 623. The highest BCUT2D eigenvalue weighted by Gasteiger charge is 2.36. The highest BCUT2D eigenvalue weighted by molar-refractivity contribution is 7.90. The van der Waals surface area contributed by atoms with E-state index in [1.54, 1.807) is 24.3 Å². The zero-order chi connectivity index (χ0) is 15.7. The van der Waals surface area contributed by atoms with E-state index in [9.17, 15) is 13.2 Å². The number of rotatable bonds is 4. The van der Waals surface area contributed by atoms with Gasteiger partial charge in [0.15, 0.2) is 9.84 Å². The van der Waals surface area contributed by atoms with Crippen LogP contribution in [0.4, 0.5) is 0 Å². The minimum absolute atomic E-state index is 0. The molecule has 1 heterocycles. The molecule has 0 spiro atoms. The van der Waals surface area contributed by atoms with Gasteiger partial charge in [-0.1, -0.05) is 12.1 Å². The van der Waals surface area contributed by atoms with E-state index in [1.165, 1.54) is 6.26 Å². The lowest BCUT2D eigenvalue weighted by atomic mass is 9.88. The highest BCUT2D eigenvalue weighted by Crippen LogP contribution is 2.26. The summed E-state index contributed by atoms with van der Waals surface area (Å²) >= 11 is 0. The third kappa shape index (κ3) is 4.21. The van der Waals surface area contributed by atoms with Crippen molar-refractivity contribution in [1.82, 2.24) is 10.6 Å². The Kier molecular flexibility index (Phi) is 6.01. The molecule has 1 aliphatic heterocycles. The lowest BCUT2D eigenvalue weighted by Crippen LogP contribution is -2.41. The molecule has 2 atom stereocenters. The van der Waals surface area contributed by atoms with Gasteiger partial charge in [0.1, 0.15) is 0 Å². The van der Waals surface area contributed by atoms with E-state index in [0.717, 1.165) is 18.5 Å². The van der Waals surface area contributed by atoms with Gasteiger partial charge in [0, 0.05) is 12.8 Å². The molecule has 7 heteroatoms. The minimum Gasteiger partial charge on any atom is -0.349 e. The SMILES string of the molecule is CC(NC(=O)C1(C)CCNC1)c1ccc(S(C)(=O)=O)cc1.Cl. The number of benzene rings is 1. The quantitative estimate of drug-likeness (QED) is 0.870. The molecule has 0 saturated carbocycles. The Morgan fingerprint density at radius 2 is 1.91 bits per heavy atom. The van der Waals surface area contributed by atoms with Crippen molar-refractivity contribution in [2.24, 2.45) is 5.41 Å². The predicted octanol–water partition coefficient (Wildman–Crippen LogP) is 1.69. The van der Waals surface area contributed by atoms with Gasteiger partial charge in [-0.15, -0.1) is 12.4 Å². The van der Waals surface area contributed by atoms with E-state index in [-0.39, 0.29) is 34.7 Å². The Hall–Kier alpha value is -1.11. The van der Waals surface area contributed by atoms with E-state index >= 15 is 0 Å². The number of amides is 1. The summed E-state index contributed by atoms with van der Waals surface area (Å²) in [6.07, 6.45) is 2.01. The number of carbonyl (C=O) groups excluding carboxylic acids is 1. The van der Waals surface area contributed by atoms with Gasteiger partial charge in [-0.3, -0.25) is 4.79 Å². The van der Waals surface area contributed by atoms with Gasteiger partial charge in [-0.05, 0) is 44.5 Å². The monoisotopic (exact) mass is 346 g/mol. The number of hydrogen-bond donors (Lipinski definition) is 2. The molecule has 1 amide bonds. The molecule has 0 aromatic heterocycles. The third-order valence-corrected chi connectivity index (χ3v) is 5.20. The molecule has 1 aromatic carbocycles. The average Bonchev–Trinajstić information content (AvgIpc) is 2.86. The summed E-state index contributed by atoms with van der Waals surface area (Å²) in [6, 6.07) is 6.49. The molecular formula is C15H23ClN2O3S. The molecule has 1 aliphatic rings. The fraction of sp³-hybridized carbons (Fsp3) is 0.533. The van der Waals surface area contributed by atoms with Crippen molar-refractivity contribution in [2.45, 2.75) is 31.2 Å². The van der Waals surface area contributed by atoms with E-state index in [4.69, 9.17) is 0 Å². The van der Waals surface area contributed by atoms with Crippen LogP contribution in [0.2, 0.25) is 0 Å². The second-order valence-corrected chi connectivity index (χ2v) is 8.04. The zero-order valence-corrected chi connectivity index (χ0v) is 14.7. The maximum atomic E-state index is 12.3. The largest absolute Gasteiger partial charge is 0.349 e. The molecule has 0 radical (unpaired) electrons. The molecular weight excluding hydrogens is 324 g/mol. The number of halogens is 1. The van der Waals surface area contributed by atoms with Crippen LogP contribution in [0.3, 0.4) is 0 Å². The van der Waals surface area contributed by atoms with E-state index in [1.807, 2.05) is 13.8 Å². The van der Waals surface area contributed by atoms with Crippen molar-refractivity contribution in [1.29, 1.82) is 0 Å². The van der Waals surface area contributed by atoms with Crippen LogP contribution in [0.1, 0.15) is 31.9 Å². The lowest BCUT2D eigenvalue weighted by Gasteiger charge is -2.24. The van der Waals surface area contributed by atoms with E-state index in [0.29, 0.717) is 6.54 Å². The van der Waals surface area contributed by atoms with Gasteiger partial charge in [-0.2, -0.15) is 0 Å². The van der Waals surface area contributed by atoms with Crippen molar-refractivity contribution in [3.05, 3.63) is 29.8 Å². The fourth-order valence-corrected chi connectivity index (χ4v) is 3.10. The van der Waals surface area contributed by atoms with Crippen molar-refractivity contribution in [3.63, 3.8) is 0 Å². The van der Waals surface area contributed by atoms with Crippen LogP contribution in [0.5, 0.6) is 0 Å². The van der Waals surface area contributed by atoms with Crippen LogP contribution in [0.15, 0.2) is 29.2 Å². The second kappa shape index (κ2) is 6.98. The topological polar surface area (TPSA) is 75.3 Å². The van der Waals surface area contributed by atoms with Gasteiger partial charge in [0.2, 0.25) is 5.91 Å². The number of nitrogens with one attached hydrogen (secondary N) is 2. The lowest BCUT2D eigenvalue weighted by molar-refractivity contribution is -0.129. The average molecular weight is 347 g/mol. The van der Waals surface area contributed by atoms with Gasteiger partial charge in [-0.25, -0.2) is 8.42 Å². The second-order valence-electron chi connectivity index (χ2n) is 6.02. The Labute approximate surface area is 138 Å². The maximum absolute atomic E-state index is 12.3. The summed E-state index contributed by atoms with van der Waals surface area (Å²) in [4.78, 5) is 12.6. The standard InChI is InChI=1S/C15H22N2O3S.ClH/c1-11(17-14(18)15(2)8-9-16-10-15)12-4-6-13(7-5-12)21(3,19)20;/h4-7,11,16H,8-10H2,1-3H3,(H,17,18);1H. The van der Waals surface area contributed by atoms with E-state index in [2.05, 4.69) is 10.6 Å². The van der Waals surface area contributed by atoms with Crippen LogP contribution >= 0.6 is 12.4 Å². The van der Waals surface area contributed by atoms with Crippen LogP contribution in [-0.4, -0.2) is 33.7 Å². The molecule has 5 nitrogen and oxygen atoms in total. The van der Waals surface area contributed by atoms with Crippen molar-refractivity contribution in [3.8, 4) is 0 Å². The Morgan fingerprint density at radius 3 is 2.36 bits per heavy atom. The van der Waals surface area contributed by atoms with Gasteiger partial charge < -0.3 is 10.6 Å². The summed E-state index contributed by atoms with van der Waals surface area (Å²) in [5.74, 6) is 0.0344. The predicted molar refractivity (Wildman–Crippen MR) is 89.0 cm³/mol. The van der Waals surface area contributed by atoms with Gasteiger partial charge in [0.05, 0.1) is 16.4 Å². The zero-order valence-electron chi connectivity index (χ0n) is 13.0. The summed E-state index contributed by atoms with van der Waals surface area (Å²) in [7, 11) is -3.19. The number of sulfone groups is 1. The van der Waals surface area contributed by atoms with Gasteiger partial charge >= 0.3 is 0 Å². The summed E-state index contributed by atoms with van der Waals surface area (Å²) in [5.41, 5.74) is 0.534. The number of carbonyl (C=O) groups is 1. The first kappa shape index (κ1) is 18.9. The van der Waals surface area contributed by atoms with Crippen LogP contribution in [-0.2, 0) is 14.6 Å². The molecule has 1 fully saturated rings. The van der Waals surface area contributed by atoms with Crippen LogP contribution in [0.25, 0.3) is 0 Å². The molecule has 0 aliphatic carbocycles. The summed E-state index contributed by atoms with van der Waals surface area (Å²) < 4.78 is 22.9. The smallest absolute Gasteiger partial charge is 0.227 e. The minimum atomic E-state index is -3.19. The normalized spacial score (nSPS) is 22.7.